The van der Waals surface area contributed by atoms with Crippen LogP contribution < -0.4 is 10.2 Å². The predicted octanol–water partition coefficient (Wildman–Crippen LogP) is 2.46. The fourth-order valence-electron chi connectivity index (χ4n) is 2.65. The molecule has 1 aliphatic rings. The van der Waals surface area contributed by atoms with Gasteiger partial charge in [0.05, 0.1) is 6.10 Å². The molecule has 0 amide bonds. The fourth-order valence-corrected chi connectivity index (χ4v) is 2.65. The molecular weight excluding hydrogens is 243 g/mol. The number of hydrogen-bond acceptors (Lipinski definition) is 3. The minimum Gasteiger partial charge on any atom is -0.391 e. The maximum absolute atomic E-state index is 14.1. The number of β-amino-alcohol motifs (C(OH)–C–C–N with tert-alkyl or cyclic N) is 1. The maximum atomic E-state index is 14.1. The first-order chi connectivity index (χ1) is 9.13. The van der Waals surface area contributed by atoms with Gasteiger partial charge in [-0.15, -0.1) is 0 Å². The van der Waals surface area contributed by atoms with Crippen molar-refractivity contribution in [1.29, 1.82) is 0 Å². The van der Waals surface area contributed by atoms with Gasteiger partial charge in [-0.1, -0.05) is 13.0 Å². The molecular formula is C15H23FN2O. The van der Waals surface area contributed by atoms with Gasteiger partial charge in [-0.05, 0) is 38.4 Å². The molecule has 19 heavy (non-hydrogen) atoms. The lowest BCUT2D eigenvalue weighted by Crippen LogP contribution is -2.27. The largest absolute Gasteiger partial charge is 0.391 e. The lowest BCUT2D eigenvalue weighted by Gasteiger charge is -2.25. The average Bonchev–Trinajstić information content (AvgIpc) is 2.82. The molecule has 4 heteroatoms. The summed E-state index contributed by atoms with van der Waals surface area (Å²) in [4.78, 5) is 2.08. The molecule has 0 aliphatic carbocycles. The van der Waals surface area contributed by atoms with E-state index >= 15 is 0 Å². The molecule has 0 saturated carbocycles. The van der Waals surface area contributed by atoms with Crippen molar-refractivity contribution in [3.05, 3.63) is 29.6 Å². The molecule has 1 fully saturated rings. The van der Waals surface area contributed by atoms with Gasteiger partial charge in [-0.25, -0.2) is 4.39 Å². The number of aliphatic hydroxyl groups excluding tert-OH is 1. The molecule has 1 aliphatic heterocycles. The number of nitrogens with zero attached hydrogens (tertiary/aromatic N) is 1. The van der Waals surface area contributed by atoms with E-state index in [1.165, 1.54) is 6.07 Å². The zero-order valence-corrected chi connectivity index (χ0v) is 11.7. The van der Waals surface area contributed by atoms with Crippen molar-refractivity contribution in [2.45, 2.75) is 38.8 Å². The summed E-state index contributed by atoms with van der Waals surface area (Å²) >= 11 is 0. The third-order valence-electron chi connectivity index (χ3n) is 3.67. The van der Waals surface area contributed by atoms with E-state index in [0.29, 0.717) is 12.1 Å². The Morgan fingerprint density at radius 1 is 1.53 bits per heavy atom. The van der Waals surface area contributed by atoms with Crippen LogP contribution in [0.3, 0.4) is 0 Å². The van der Waals surface area contributed by atoms with Gasteiger partial charge in [0.15, 0.2) is 0 Å². The monoisotopic (exact) mass is 266 g/mol. The number of halogens is 1. The van der Waals surface area contributed by atoms with Gasteiger partial charge in [-0.2, -0.15) is 0 Å². The number of nitrogens with one attached hydrogen (secondary N) is 1. The third kappa shape index (κ3) is 3.25. The maximum Gasteiger partial charge on any atom is 0.130 e. The van der Waals surface area contributed by atoms with Crippen LogP contribution in [0.4, 0.5) is 10.1 Å². The summed E-state index contributed by atoms with van der Waals surface area (Å²) in [5.41, 5.74) is 1.62. The van der Waals surface area contributed by atoms with Crippen LogP contribution in [-0.2, 0) is 0 Å². The fraction of sp³-hybridized carbons (Fsp3) is 0.600. The summed E-state index contributed by atoms with van der Waals surface area (Å²) in [7, 11) is 0. The Kier molecular flexibility index (Phi) is 4.77. The highest BCUT2D eigenvalue weighted by atomic mass is 19.1. The number of anilines is 1. The highest BCUT2D eigenvalue weighted by molar-refractivity contribution is 5.56. The Bertz CT molecular complexity index is 425. The summed E-state index contributed by atoms with van der Waals surface area (Å²) < 4.78 is 14.1. The zero-order chi connectivity index (χ0) is 13.8. The van der Waals surface area contributed by atoms with Crippen LogP contribution in [0.15, 0.2) is 18.2 Å². The summed E-state index contributed by atoms with van der Waals surface area (Å²) in [5, 5.41) is 13.0. The number of rotatable bonds is 5. The van der Waals surface area contributed by atoms with Crippen molar-refractivity contribution in [3.63, 3.8) is 0 Å². The van der Waals surface area contributed by atoms with Crippen molar-refractivity contribution in [3.8, 4) is 0 Å². The van der Waals surface area contributed by atoms with Crippen LogP contribution in [0.25, 0.3) is 0 Å². The van der Waals surface area contributed by atoms with E-state index in [4.69, 9.17) is 0 Å². The molecule has 2 rings (SSSR count). The number of benzene rings is 1. The highest BCUT2D eigenvalue weighted by Crippen LogP contribution is 2.31. The van der Waals surface area contributed by atoms with Gasteiger partial charge in [0, 0.05) is 30.4 Å². The van der Waals surface area contributed by atoms with E-state index in [1.807, 2.05) is 13.0 Å². The van der Waals surface area contributed by atoms with Crippen LogP contribution in [0.5, 0.6) is 0 Å². The molecule has 106 valence electrons. The number of aliphatic hydroxyl groups is 1. The average molecular weight is 266 g/mol. The highest BCUT2D eigenvalue weighted by Gasteiger charge is 2.25. The Hall–Kier alpha value is -1.13. The van der Waals surface area contributed by atoms with Crippen LogP contribution in [0.2, 0.25) is 0 Å². The van der Waals surface area contributed by atoms with E-state index < -0.39 is 0 Å². The minimum absolute atomic E-state index is 0.0195. The molecule has 3 nitrogen and oxygen atoms in total. The van der Waals surface area contributed by atoms with Crippen molar-refractivity contribution >= 4 is 5.69 Å². The van der Waals surface area contributed by atoms with Gasteiger partial charge in [0.1, 0.15) is 5.82 Å². The molecule has 2 unspecified atom stereocenters. The second-order valence-electron chi connectivity index (χ2n) is 5.24. The summed E-state index contributed by atoms with van der Waals surface area (Å²) in [6, 6.07) is 5.18. The first kappa shape index (κ1) is 14.3. The predicted molar refractivity (Wildman–Crippen MR) is 75.9 cm³/mol. The van der Waals surface area contributed by atoms with Crippen LogP contribution in [-0.4, -0.2) is 30.8 Å². The molecule has 1 heterocycles. The summed E-state index contributed by atoms with van der Waals surface area (Å²) in [6.07, 6.45) is 1.48. The van der Waals surface area contributed by atoms with Crippen molar-refractivity contribution < 1.29 is 9.50 Å². The normalized spacial score (nSPS) is 20.8. The van der Waals surface area contributed by atoms with E-state index in [-0.39, 0.29) is 18.0 Å². The van der Waals surface area contributed by atoms with Gasteiger partial charge < -0.3 is 15.3 Å². The van der Waals surface area contributed by atoms with Gasteiger partial charge in [0.25, 0.3) is 0 Å². The van der Waals surface area contributed by atoms with Crippen LogP contribution in [0.1, 0.15) is 38.3 Å². The summed E-state index contributed by atoms with van der Waals surface area (Å²) in [5.74, 6) is -0.171. The topological polar surface area (TPSA) is 35.5 Å². The smallest absolute Gasteiger partial charge is 0.130 e. The molecule has 0 aromatic heterocycles. The molecule has 0 spiro atoms. The third-order valence-corrected chi connectivity index (χ3v) is 3.67. The lowest BCUT2D eigenvalue weighted by molar-refractivity contribution is 0.198. The van der Waals surface area contributed by atoms with Gasteiger partial charge >= 0.3 is 0 Å². The van der Waals surface area contributed by atoms with Crippen LogP contribution in [0, 0.1) is 5.82 Å². The van der Waals surface area contributed by atoms with E-state index in [0.717, 1.165) is 31.6 Å². The first-order valence-electron chi connectivity index (χ1n) is 7.08. The SMILES string of the molecule is CCCNC(C)c1c(F)cccc1N1CCC(O)C1. The van der Waals surface area contributed by atoms with Crippen LogP contribution >= 0.6 is 0 Å². The lowest BCUT2D eigenvalue weighted by atomic mass is 10.0. The van der Waals surface area contributed by atoms with Crippen molar-refractivity contribution in [1.82, 2.24) is 5.32 Å². The summed E-state index contributed by atoms with van der Waals surface area (Å²) in [6.45, 7) is 6.34. The molecule has 1 aromatic carbocycles. The van der Waals surface area contributed by atoms with Crippen molar-refractivity contribution in [2.75, 3.05) is 24.5 Å². The molecule has 1 saturated heterocycles. The Morgan fingerprint density at radius 3 is 2.95 bits per heavy atom. The van der Waals surface area contributed by atoms with E-state index in [9.17, 15) is 9.50 Å². The standard InChI is InChI=1S/C15H23FN2O/c1-3-8-17-11(2)15-13(16)5-4-6-14(15)18-9-7-12(19)10-18/h4-6,11-12,17,19H,3,7-10H2,1-2H3. The Labute approximate surface area is 114 Å². The Morgan fingerprint density at radius 2 is 2.32 bits per heavy atom. The number of hydrogen-bond donors (Lipinski definition) is 2. The van der Waals surface area contributed by atoms with Gasteiger partial charge in [0.2, 0.25) is 0 Å². The second-order valence-corrected chi connectivity index (χ2v) is 5.24. The second kappa shape index (κ2) is 6.35. The van der Waals surface area contributed by atoms with Gasteiger partial charge in [-0.3, -0.25) is 0 Å². The molecule has 2 N–H and O–H groups in total. The molecule has 0 radical (unpaired) electrons. The van der Waals surface area contributed by atoms with E-state index in [2.05, 4.69) is 17.1 Å². The molecule has 2 atom stereocenters. The Balaban J connectivity index is 2.25. The minimum atomic E-state index is -0.296. The quantitative estimate of drug-likeness (QED) is 0.859. The van der Waals surface area contributed by atoms with Crippen molar-refractivity contribution in [2.24, 2.45) is 0 Å². The molecule has 0 bridgehead atoms. The zero-order valence-electron chi connectivity index (χ0n) is 11.7. The molecule has 1 aromatic rings. The first-order valence-corrected chi connectivity index (χ1v) is 7.08. The van der Waals surface area contributed by atoms with E-state index in [1.54, 1.807) is 6.07 Å².